The predicted molar refractivity (Wildman–Crippen MR) is 96.2 cm³/mol. The molecule has 1 N–H and O–H groups in total. The molecule has 1 atom stereocenters. The first-order valence-corrected chi connectivity index (χ1v) is 9.10. The molecular weight excluding hydrogens is 302 g/mol. The minimum absolute atomic E-state index is 0.0294. The zero-order chi connectivity index (χ0) is 16.9. The number of hydrogen-bond donors (Lipinski definition) is 1. The quantitative estimate of drug-likeness (QED) is 0.924. The van der Waals surface area contributed by atoms with Crippen molar-refractivity contribution < 1.29 is 9.59 Å². The van der Waals surface area contributed by atoms with E-state index < -0.39 is 0 Å². The maximum atomic E-state index is 12.6. The number of anilines is 2. The predicted octanol–water partition coefficient (Wildman–Crippen LogP) is 3.02. The molecule has 1 aromatic carbocycles. The van der Waals surface area contributed by atoms with E-state index in [1.54, 1.807) is 4.90 Å². The van der Waals surface area contributed by atoms with Gasteiger partial charge in [0, 0.05) is 24.3 Å². The highest BCUT2D eigenvalue weighted by Gasteiger charge is 2.24. The highest BCUT2D eigenvalue weighted by molar-refractivity contribution is 5.98. The second-order valence-electron chi connectivity index (χ2n) is 6.81. The molecular formula is C19H27N3O2. The van der Waals surface area contributed by atoms with Gasteiger partial charge >= 0.3 is 0 Å². The third-order valence-corrected chi connectivity index (χ3v) is 5.07. The van der Waals surface area contributed by atoms with Crippen molar-refractivity contribution in [1.29, 1.82) is 0 Å². The Morgan fingerprint density at radius 3 is 2.50 bits per heavy atom. The van der Waals surface area contributed by atoms with E-state index in [9.17, 15) is 9.59 Å². The molecule has 2 aliphatic heterocycles. The van der Waals surface area contributed by atoms with Crippen LogP contribution in [0.2, 0.25) is 0 Å². The minimum atomic E-state index is -0.125. The summed E-state index contributed by atoms with van der Waals surface area (Å²) < 4.78 is 0. The maximum absolute atomic E-state index is 12.6. The summed E-state index contributed by atoms with van der Waals surface area (Å²) in [5, 5.41) is 3.02. The molecule has 2 saturated heterocycles. The summed E-state index contributed by atoms with van der Waals surface area (Å²) in [6, 6.07) is 7.48. The van der Waals surface area contributed by atoms with E-state index in [0.29, 0.717) is 6.42 Å². The Morgan fingerprint density at radius 1 is 1.08 bits per heavy atom. The average molecular weight is 329 g/mol. The molecule has 0 spiro atoms. The van der Waals surface area contributed by atoms with Gasteiger partial charge in [-0.25, -0.2) is 0 Å². The lowest BCUT2D eigenvalue weighted by Gasteiger charge is -2.26. The van der Waals surface area contributed by atoms with Crippen molar-refractivity contribution in [2.24, 2.45) is 0 Å². The lowest BCUT2D eigenvalue weighted by atomic mass is 10.2. The molecule has 24 heavy (non-hydrogen) atoms. The minimum Gasteiger partial charge on any atom is -0.325 e. The van der Waals surface area contributed by atoms with Crippen molar-refractivity contribution in [3.05, 3.63) is 24.3 Å². The number of amides is 2. The Morgan fingerprint density at radius 2 is 1.83 bits per heavy atom. The highest BCUT2D eigenvalue weighted by Crippen LogP contribution is 2.24. The number of nitrogens with zero attached hydrogens (tertiary/aromatic N) is 2. The molecule has 1 aromatic rings. The standard InChI is InChI=1S/C19H27N3O2/c1-15(21-11-4-2-3-5-12-21)19(24)20-16-8-6-9-17(14-16)22-13-7-10-18(22)23/h6,8-9,14-15H,2-5,7,10-13H2,1H3,(H,20,24). The first-order chi connectivity index (χ1) is 11.6. The summed E-state index contributed by atoms with van der Waals surface area (Å²) >= 11 is 0. The Hall–Kier alpha value is -1.88. The second-order valence-corrected chi connectivity index (χ2v) is 6.81. The van der Waals surface area contributed by atoms with Crippen LogP contribution < -0.4 is 10.2 Å². The van der Waals surface area contributed by atoms with E-state index in [2.05, 4.69) is 10.2 Å². The first kappa shape index (κ1) is 17.0. The third-order valence-electron chi connectivity index (χ3n) is 5.07. The average Bonchev–Trinajstić information content (AvgIpc) is 2.84. The number of carbonyl (C=O) groups excluding carboxylic acids is 2. The van der Waals surface area contributed by atoms with Gasteiger partial charge in [0.1, 0.15) is 0 Å². The number of carbonyl (C=O) groups is 2. The van der Waals surface area contributed by atoms with Crippen LogP contribution in [0.3, 0.4) is 0 Å². The van der Waals surface area contributed by atoms with Gasteiger partial charge in [0.05, 0.1) is 6.04 Å². The van der Waals surface area contributed by atoms with Crippen LogP contribution in [0, 0.1) is 0 Å². The fraction of sp³-hybridized carbons (Fsp3) is 0.579. The number of hydrogen-bond acceptors (Lipinski definition) is 3. The molecule has 2 aliphatic rings. The molecule has 0 aliphatic carbocycles. The fourth-order valence-electron chi connectivity index (χ4n) is 3.57. The van der Waals surface area contributed by atoms with Crippen molar-refractivity contribution in [1.82, 2.24) is 4.90 Å². The topological polar surface area (TPSA) is 52.7 Å². The van der Waals surface area contributed by atoms with Gasteiger partial charge in [0.2, 0.25) is 11.8 Å². The van der Waals surface area contributed by atoms with E-state index in [-0.39, 0.29) is 17.9 Å². The van der Waals surface area contributed by atoms with Crippen LogP contribution in [0.4, 0.5) is 11.4 Å². The Labute approximate surface area is 144 Å². The van der Waals surface area contributed by atoms with Gasteiger partial charge in [-0.3, -0.25) is 14.5 Å². The Bertz CT molecular complexity index is 594. The second kappa shape index (κ2) is 7.79. The van der Waals surface area contributed by atoms with Crippen LogP contribution in [0.5, 0.6) is 0 Å². The van der Waals surface area contributed by atoms with Crippen LogP contribution in [-0.2, 0) is 9.59 Å². The normalized spacial score (nSPS) is 20.7. The summed E-state index contributed by atoms with van der Waals surface area (Å²) in [6.45, 7) is 4.74. The van der Waals surface area contributed by atoms with E-state index in [1.807, 2.05) is 31.2 Å². The summed E-state index contributed by atoms with van der Waals surface area (Å²) in [5.41, 5.74) is 1.64. The van der Waals surface area contributed by atoms with Gasteiger partial charge in [-0.05, 0) is 57.5 Å². The molecule has 1 unspecified atom stereocenters. The maximum Gasteiger partial charge on any atom is 0.241 e. The monoisotopic (exact) mass is 329 g/mol. The third kappa shape index (κ3) is 3.96. The summed E-state index contributed by atoms with van der Waals surface area (Å²) in [4.78, 5) is 28.5. The SMILES string of the molecule is CC(C(=O)Nc1cccc(N2CCCC2=O)c1)N1CCCCCC1. The number of likely N-dealkylation sites (tertiary alicyclic amines) is 1. The van der Waals surface area contributed by atoms with Gasteiger partial charge in [-0.15, -0.1) is 0 Å². The van der Waals surface area contributed by atoms with Crippen molar-refractivity contribution in [2.45, 2.75) is 51.5 Å². The van der Waals surface area contributed by atoms with Gasteiger partial charge < -0.3 is 10.2 Å². The summed E-state index contributed by atoms with van der Waals surface area (Å²) in [5.74, 6) is 0.193. The summed E-state index contributed by atoms with van der Waals surface area (Å²) in [7, 11) is 0. The van der Waals surface area contributed by atoms with Crippen LogP contribution in [0.1, 0.15) is 45.4 Å². The first-order valence-electron chi connectivity index (χ1n) is 9.10. The van der Waals surface area contributed by atoms with E-state index in [4.69, 9.17) is 0 Å². The van der Waals surface area contributed by atoms with E-state index >= 15 is 0 Å². The number of benzene rings is 1. The lowest BCUT2D eigenvalue weighted by molar-refractivity contribution is -0.120. The molecule has 5 heteroatoms. The fourth-order valence-corrected chi connectivity index (χ4v) is 3.57. The molecule has 2 fully saturated rings. The molecule has 0 radical (unpaired) electrons. The van der Waals surface area contributed by atoms with Crippen molar-refractivity contribution in [3.63, 3.8) is 0 Å². The molecule has 2 amide bonds. The molecule has 0 bridgehead atoms. The van der Waals surface area contributed by atoms with Gasteiger partial charge in [0.15, 0.2) is 0 Å². The van der Waals surface area contributed by atoms with Gasteiger partial charge in [-0.2, -0.15) is 0 Å². The zero-order valence-electron chi connectivity index (χ0n) is 14.5. The smallest absolute Gasteiger partial charge is 0.241 e. The van der Waals surface area contributed by atoms with Crippen molar-refractivity contribution in [3.8, 4) is 0 Å². The molecule has 5 nitrogen and oxygen atoms in total. The Balaban J connectivity index is 1.64. The molecule has 0 aromatic heterocycles. The van der Waals surface area contributed by atoms with Crippen LogP contribution >= 0.6 is 0 Å². The largest absolute Gasteiger partial charge is 0.325 e. The van der Waals surface area contributed by atoms with Crippen molar-refractivity contribution >= 4 is 23.2 Å². The van der Waals surface area contributed by atoms with Gasteiger partial charge in [0.25, 0.3) is 0 Å². The van der Waals surface area contributed by atoms with Crippen LogP contribution in [0.15, 0.2) is 24.3 Å². The Kier molecular flexibility index (Phi) is 5.51. The highest BCUT2D eigenvalue weighted by atomic mass is 16.2. The summed E-state index contributed by atoms with van der Waals surface area (Å²) in [6.07, 6.45) is 6.38. The zero-order valence-corrected chi connectivity index (χ0v) is 14.5. The molecule has 2 heterocycles. The van der Waals surface area contributed by atoms with Gasteiger partial charge in [-0.1, -0.05) is 18.9 Å². The lowest BCUT2D eigenvalue weighted by Crippen LogP contribution is -2.42. The van der Waals surface area contributed by atoms with Crippen LogP contribution in [-0.4, -0.2) is 42.4 Å². The van der Waals surface area contributed by atoms with E-state index in [1.165, 1.54) is 25.7 Å². The van der Waals surface area contributed by atoms with E-state index in [0.717, 1.165) is 37.4 Å². The number of nitrogens with one attached hydrogen (secondary N) is 1. The number of rotatable bonds is 4. The van der Waals surface area contributed by atoms with Crippen molar-refractivity contribution in [2.75, 3.05) is 29.9 Å². The van der Waals surface area contributed by atoms with Crippen LogP contribution in [0.25, 0.3) is 0 Å². The molecule has 0 saturated carbocycles. The molecule has 130 valence electrons. The molecule has 3 rings (SSSR count).